The molecule has 0 amide bonds. The molecular formula is C16H19NO2. The van der Waals surface area contributed by atoms with Crippen molar-refractivity contribution in [1.82, 2.24) is 4.57 Å². The molecule has 1 aromatic carbocycles. The van der Waals surface area contributed by atoms with Crippen LogP contribution >= 0.6 is 0 Å². The number of benzene rings is 1. The van der Waals surface area contributed by atoms with Crippen molar-refractivity contribution in [3.63, 3.8) is 0 Å². The van der Waals surface area contributed by atoms with Crippen molar-refractivity contribution in [1.29, 1.82) is 0 Å². The van der Waals surface area contributed by atoms with Gasteiger partial charge in [-0.25, -0.2) is 4.79 Å². The van der Waals surface area contributed by atoms with Crippen molar-refractivity contribution in [2.75, 3.05) is 6.61 Å². The first-order valence-corrected chi connectivity index (χ1v) is 6.51. The maximum atomic E-state index is 12.0. The van der Waals surface area contributed by atoms with E-state index in [0.29, 0.717) is 18.8 Å². The minimum Gasteiger partial charge on any atom is -0.461 e. The third-order valence-electron chi connectivity index (χ3n) is 3.29. The first-order chi connectivity index (χ1) is 9.13. The average molecular weight is 257 g/mol. The second-order valence-electron chi connectivity index (χ2n) is 4.59. The van der Waals surface area contributed by atoms with Gasteiger partial charge in [0.25, 0.3) is 0 Å². The number of aryl methyl sites for hydroxylation is 1. The van der Waals surface area contributed by atoms with Gasteiger partial charge in [0.15, 0.2) is 0 Å². The maximum absolute atomic E-state index is 12.0. The van der Waals surface area contributed by atoms with Crippen molar-refractivity contribution in [2.24, 2.45) is 0 Å². The SMILES string of the molecule is CCOC(=O)c1cc(C)c(C)n1Cc1ccccc1. The van der Waals surface area contributed by atoms with E-state index in [1.54, 1.807) is 0 Å². The number of hydrogen-bond acceptors (Lipinski definition) is 2. The Morgan fingerprint density at radius 2 is 1.89 bits per heavy atom. The number of hydrogen-bond donors (Lipinski definition) is 0. The van der Waals surface area contributed by atoms with Gasteiger partial charge in [-0.15, -0.1) is 0 Å². The molecule has 0 bridgehead atoms. The predicted octanol–water partition coefficient (Wildman–Crippen LogP) is 3.33. The Balaban J connectivity index is 2.36. The zero-order valence-electron chi connectivity index (χ0n) is 11.6. The Bertz CT molecular complexity index is 570. The third kappa shape index (κ3) is 2.87. The summed E-state index contributed by atoms with van der Waals surface area (Å²) in [5.74, 6) is -0.255. The van der Waals surface area contributed by atoms with Gasteiger partial charge in [0.1, 0.15) is 5.69 Å². The van der Waals surface area contributed by atoms with E-state index < -0.39 is 0 Å². The normalized spacial score (nSPS) is 10.5. The monoisotopic (exact) mass is 257 g/mol. The van der Waals surface area contributed by atoms with Gasteiger partial charge < -0.3 is 9.30 Å². The lowest BCUT2D eigenvalue weighted by Crippen LogP contribution is -2.13. The number of nitrogens with zero attached hydrogens (tertiary/aromatic N) is 1. The van der Waals surface area contributed by atoms with E-state index in [1.165, 1.54) is 5.56 Å². The number of aromatic nitrogens is 1. The highest BCUT2D eigenvalue weighted by molar-refractivity contribution is 5.88. The zero-order chi connectivity index (χ0) is 13.8. The molecule has 0 spiro atoms. The van der Waals surface area contributed by atoms with E-state index in [-0.39, 0.29) is 5.97 Å². The van der Waals surface area contributed by atoms with Crippen molar-refractivity contribution in [3.8, 4) is 0 Å². The maximum Gasteiger partial charge on any atom is 0.354 e. The molecule has 2 rings (SSSR count). The van der Waals surface area contributed by atoms with Crippen molar-refractivity contribution in [3.05, 3.63) is 58.9 Å². The van der Waals surface area contributed by atoms with E-state index in [4.69, 9.17) is 4.74 Å². The van der Waals surface area contributed by atoms with Crippen LogP contribution in [0.3, 0.4) is 0 Å². The van der Waals surface area contributed by atoms with Crippen LogP contribution in [0.15, 0.2) is 36.4 Å². The van der Waals surface area contributed by atoms with Crippen LogP contribution in [0.4, 0.5) is 0 Å². The quantitative estimate of drug-likeness (QED) is 0.787. The number of ether oxygens (including phenoxy) is 1. The van der Waals surface area contributed by atoms with E-state index in [9.17, 15) is 4.79 Å². The van der Waals surface area contributed by atoms with Gasteiger partial charge in [0.2, 0.25) is 0 Å². The Labute approximate surface area is 113 Å². The molecule has 0 radical (unpaired) electrons. The highest BCUT2D eigenvalue weighted by Crippen LogP contribution is 2.17. The summed E-state index contributed by atoms with van der Waals surface area (Å²) < 4.78 is 7.13. The molecule has 3 nitrogen and oxygen atoms in total. The predicted molar refractivity (Wildman–Crippen MR) is 75.4 cm³/mol. The molecule has 19 heavy (non-hydrogen) atoms. The standard InChI is InChI=1S/C16H19NO2/c1-4-19-16(18)15-10-12(2)13(3)17(15)11-14-8-6-5-7-9-14/h5-10H,4,11H2,1-3H3. The van der Waals surface area contributed by atoms with Gasteiger partial charge in [-0.05, 0) is 38.0 Å². The molecule has 1 heterocycles. The van der Waals surface area contributed by atoms with Crippen molar-refractivity contribution in [2.45, 2.75) is 27.3 Å². The van der Waals surface area contributed by atoms with Crippen LogP contribution in [-0.4, -0.2) is 17.1 Å². The van der Waals surface area contributed by atoms with E-state index in [2.05, 4.69) is 12.1 Å². The fourth-order valence-corrected chi connectivity index (χ4v) is 2.12. The first kappa shape index (κ1) is 13.4. The molecule has 0 unspecified atom stereocenters. The van der Waals surface area contributed by atoms with Gasteiger partial charge in [-0.2, -0.15) is 0 Å². The lowest BCUT2D eigenvalue weighted by atomic mass is 10.2. The molecule has 0 atom stereocenters. The lowest BCUT2D eigenvalue weighted by Gasteiger charge is -2.11. The lowest BCUT2D eigenvalue weighted by molar-refractivity contribution is 0.0514. The van der Waals surface area contributed by atoms with Crippen LogP contribution in [0.2, 0.25) is 0 Å². The first-order valence-electron chi connectivity index (χ1n) is 6.51. The van der Waals surface area contributed by atoms with Gasteiger partial charge in [-0.3, -0.25) is 0 Å². The average Bonchev–Trinajstić information content (AvgIpc) is 2.69. The molecular weight excluding hydrogens is 238 g/mol. The van der Waals surface area contributed by atoms with Gasteiger partial charge in [0.05, 0.1) is 6.61 Å². The number of rotatable bonds is 4. The highest BCUT2D eigenvalue weighted by atomic mass is 16.5. The number of carbonyl (C=O) groups excluding carboxylic acids is 1. The Morgan fingerprint density at radius 3 is 2.53 bits per heavy atom. The molecule has 0 N–H and O–H groups in total. The fourth-order valence-electron chi connectivity index (χ4n) is 2.12. The van der Waals surface area contributed by atoms with Crippen molar-refractivity contribution < 1.29 is 9.53 Å². The third-order valence-corrected chi connectivity index (χ3v) is 3.29. The van der Waals surface area contributed by atoms with Crippen LogP contribution in [0.5, 0.6) is 0 Å². The Kier molecular flexibility index (Phi) is 4.05. The minimum absolute atomic E-state index is 0.255. The van der Waals surface area contributed by atoms with Gasteiger partial charge >= 0.3 is 5.97 Å². The summed E-state index contributed by atoms with van der Waals surface area (Å²) in [7, 11) is 0. The summed E-state index contributed by atoms with van der Waals surface area (Å²) >= 11 is 0. The largest absolute Gasteiger partial charge is 0.461 e. The molecule has 0 aliphatic carbocycles. The minimum atomic E-state index is -0.255. The van der Waals surface area contributed by atoms with Crippen LogP contribution in [0, 0.1) is 13.8 Å². The summed E-state index contributed by atoms with van der Waals surface area (Å²) in [6, 6.07) is 12.0. The van der Waals surface area contributed by atoms with Crippen LogP contribution in [0.25, 0.3) is 0 Å². The smallest absolute Gasteiger partial charge is 0.354 e. The van der Waals surface area contributed by atoms with E-state index in [1.807, 2.05) is 49.6 Å². The molecule has 3 heteroatoms. The topological polar surface area (TPSA) is 31.2 Å². The highest BCUT2D eigenvalue weighted by Gasteiger charge is 2.16. The van der Waals surface area contributed by atoms with Crippen LogP contribution < -0.4 is 0 Å². The number of carbonyl (C=O) groups is 1. The van der Waals surface area contributed by atoms with E-state index >= 15 is 0 Å². The molecule has 1 aromatic heterocycles. The van der Waals surface area contributed by atoms with Crippen LogP contribution in [-0.2, 0) is 11.3 Å². The summed E-state index contributed by atoms with van der Waals surface area (Å²) in [4.78, 5) is 12.0. The molecule has 0 fully saturated rings. The van der Waals surface area contributed by atoms with Crippen LogP contribution in [0.1, 0.15) is 34.2 Å². The summed E-state index contributed by atoms with van der Waals surface area (Å²) in [6.45, 7) is 6.95. The summed E-state index contributed by atoms with van der Waals surface area (Å²) in [5, 5.41) is 0. The molecule has 100 valence electrons. The summed E-state index contributed by atoms with van der Waals surface area (Å²) in [5.41, 5.74) is 4.01. The van der Waals surface area contributed by atoms with E-state index in [0.717, 1.165) is 11.3 Å². The molecule has 0 aliphatic heterocycles. The molecule has 0 aliphatic rings. The number of esters is 1. The molecule has 0 saturated heterocycles. The van der Waals surface area contributed by atoms with Gasteiger partial charge in [0, 0.05) is 12.2 Å². The fraction of sp³-hybridized carbons (Fsp3) is 0.312. The Hall–Kier alpha value is -2.03. The molecule has 0 saturated carbocycles. The van der Waals surface area contributed by atoms with Gasteiger partial charge in [-0.1, -0.05) is 30.3 Å². The second kappa shape index (κ2) is 5.74. The summed E-state index contributed by atoms with van der Waals surface area (Å²) in [6.07, 6.45) is 0. The second-order valence-corrected chi connectivity index (χ2v) is 4.59. The Morgan fingerprint density at radius 1 is 1.21 bits per heavy atom. The van der Waals surface area contributed by atoms with Crippen molar-refractivity contribution >= 4 is 5.97 Å². The zero-order valence-corrected chi connectivity index (χ0v) is 11.6. The molecule has 2 aromatic rings.